The van der Waals surface area contributed by atoms with Gasteiger partial charge in [0, 0.05) is 6.42 Å². The Bertz CT molecular complexity index is 837. The fraction of sp³-hybridized carbons (Fsp3) is 0.500. The number of hydrogen-bond acceptors (Lipinski definition) is 7. The van der Waals surface area contributed by atoms with E-state index in [1.807, 2.05) is 6.07 Å². The first-order valence-corrected chi connectivity index (χ1v) is 10.4. The average molecular weight is 465 g/mol. The average Bonchev–Trinajstić information content (AvgIpc) is 2.72. The molecular formula is C22H32N4O7. The predicted octanol–water partition coefficient (Wildman–Crippen LogP) is 0.510. The van der Waals surface area contributed by atoms with Crippen LogP contribution in [-0.4, -0.2) is 54.0 Å². The molecule has 0 saturated carbocycles. The second-order valence-electron chi connectivity index (χ2n) is 8.30. The quantitative estimate of drug-likeness (QED) is 0.346. The maximum absolute atomic E-state index is 12.5. The zero-order valence-corrected chi connectivity index (χ0v) is 19.3. The van der Waals surface area contributed by atoms with Crippen LogP contribution >= 0.6 is 0 Å². The molecule has 182 valence electrons. The van der Waals surface area contributed by atoms with E-state index in [1.165, 1.54) is 6.92 Å². The Balaban J connectivity index is 2.60. The van der Waals surface area contributed by atoms with Crippen LogP contribution < -0.4 is 21.7 Å². The van der Waals surface area contributed by atoms with Gasteiger partial charge in [0.05, 0.1) is 0 Å². The minimum atomic E-state index is -1.16. The van der Waals surface area contributed by atoms with Crippen molar-refractivity contribution in [2.45, 2.75) is 64.8 Å². The van der Waals surface area contributed by atoms with Gasteiger partial charge in [-0.05, 0) is 39.7 Å². The Hall–Kier alpha value is -3.63. The predicted molar refractivity (Wildman–Crippen MR) is 118 cm³/mol. The fourth-order valence-electron chi connectivity index (χ4n) is 2.47. The number of nitrogens with one attached hydrogen (secondary N) is 3. The molecule has 0 unspecified atom stereocenters. The first kappa shape index (κ1) is 27.4. The number of rotatable bonds is 11. The van der Waals surface area contributed by atoms with Crippen molar-refractivity contribution in [3.05, 3.63) is 35.9 Å². The number of esters is 1. The molecule has 0 saturated heterocycles. The zero-order valence-electron chi connectivity index (χ0n) is 19.3. The molecule has 0 radical (unpaired) electrons. The number of benzene rings is 1. The van der Waals surface area contributed by atoms with Gasteiger partial charge in [0.1, 0.15) is 30.8 Å². The highest BCUT2D eigenvalue weighted by atomic mass is 16.6. The summed E-state index contributed by atoms with van der Waals surface area (Å²) in [6, 6.07) is 6.82. The van der Waals surface area contributed by atoms with Crippen LogP contribution in [0.25, 0.3) is 0 Å². The lowest BCUT2D eigenvalue weighted by atomic mass is 10.1. The Morgan fingerprint density at radius 1 is 1.00 bits per heavy atom. The molecule has 5 N–H and O–H groups in total. The second kappa shape index (κ2) is 13.0. The van der Waals surface area contributed by atoms with Gasteiger partial charge in [-0.25, -0.2) is 4.79 Å². The van der Waals surface area contributed by atoms with Crippen LogP contribution in [-0.2, 0) is 35.3 Å². The number of primary amides is 1. The van der Waals surface area contributed by atoms with E-state index in [0.717, 1.165) is 5.56 Å². The fourth-order valence-corrected chi connectivity index (χ4v) is 2.47. The summed E-state index contributed by atoms with van der Waals surface area (Å²) in [5.74, 6) is -2.72. The van der Waals surface area contributed by atoms with E-state index in [0.29, 0.717) is 0 Å². The van der Waals surface area contributed by atoms with Gasteiger partial charge in [0.15, 0.2) is 0 Å². The maximum atomic E-state index is 12.5. The molecule has 0 aliphatic rings. The number of amides is 4. The summed E-state index contributed by atoms with van der Waals surface area (Å²) >= 11 is 0. The van der Waals surface area contributed by atoms with Crippen LogP contribution in [0.5, 0.6) is 0 Å². The summed E-state index contributed by atoms with van der Waals surface area (Å²) in [6.07, 6.45) is -1.07. The van der Waals surface area contributed by atoms with Gasteiger partial charge >= 0.3 is 12.1 Å². The molecular weight excluding hydrogens is 432 g/mol. The largest absolute Gasteiger partial charge is 0.460 e. The van der Waals surface area contributed by atoms with E-state index in [9.17, 15) is 24.0 Å². The maximum Gasteiger partial charge on any atom is 0.408 e. The molecule has 0 heterocycles. The van der Waals surface area contributed by atoms with E-state index in [4.69, 9.17) is 15.2 Å². The topological polar surface area (TPSA) is 166 Å². The SMILES string of the molecule is C[C@H](NC(=O)OC(C)(C)C)C(=O)N[C@@H](CCC(N)=O)C(=O)NCC(=O)OCc1ccccc1. The van der Waals surface area contributed by atoms with Crippen LogP contribution in [0.4, 0.5) is 4.79 Å². The third-order valence-electron chi connectivity index (χ3n) is 4.09. The van der Waals surface area contributed by atoms with Crippen LogP contribution in [0.1, 0.15) is 46.1 Å². The van der Waals surface area contributed by atoms with Gasteiger partial charge in [-0.2, -0.15) is 0 Å². The third kappa shape index (κ3) is 12.1. The zero-order chi connectivity index (χ0) is 25.0. The lowest BCUT2D eigenvalue weighted by Crippen LogP contribution is -2.53. The summed E-state index contributed by atoms with van der Waals surface area (Å²) in [5, 5.41) is 7.16. The number of carbonyl (C=O) groups excluding carboxylic acids is 5. The minimum absolute atomic E-state index is 0.0469. The first-order valence-electron chi connectivity index (χ1n) is 10.4. The lowest BCUT2D eigenvalue weighted by Gasteiger charge is -2.23. The Morgan fingerprint density at radius 2 is 1.64 bits per heavy atom. The van der Waals surface area contributed by atoms with Crippen molar-refractivity contribution in [2.75, 3.05) is 6.54 Å². The van der Waals surface area contributed by atoms with Crippen molar-refractivity contribution in [1.29, 1.82) is 0 Å². The lowest BCUT2D eigenvalue weighted by molar-refractivity contribution is -0.145. The van der Waals surface area contributed by atoms with E-state index < -0.39 is 54.0 Å². The molecule has 1 aromatic carbocycles. The Morgan fingerprint density at radius 3 is 2.21 bits per heavy atom. The van der Waals surface area contributed by atoms with Crippen LogP contribution in [0.15, 0.2) is 30.3 Å². The minimum Gasteiger partial charge on any atom is -0.460 e. The highest BCUT2D eigenvalue weighted by Crippen LogP contribution is 2.07. The van der Waals surface area contributed by atoms with Crippen LogP contribution in [0.3, 0.4) is 0 Å². The molecule has 2 atom stereocenters. The van der Waals surface area contributed by atoms with E-state index in [1.54, 1.807) is 45.0 Å². The molecule has 4 amide bonds. The van der Waals surface area contributed by atoms with E-state index >= 15 is 0 Å². The highest BCUT2D eigenvalue weighted by Gasteiger charge is 2.26. The monoisotopic (exact) mass is 464 g/mol. The summed E-state index contributed by atoms with van der Waals surface area (Å²) < 4.78 is 10.2. The molecule has 11 heteroatoms. The van der Waals surface area contributed by atoms with Gasteiger partial charge < -0.3 is 31.2 Å². The molecule has 0 aromatic heterocycles. The number of alkyl carbamates (subject to hydrolysis) is 1. The van der Waals surface area contributed by atoms with E-state index in [2.05, 4.69) is 16.0 Å². The van der Waals surface area contributed by atoms with Crippen molar-refractivity contribution in [3.8, 4) is 0 Å². The van der Waals surface area contributed by atoms with Gasteiger partial charge in [-0.15, -0.1) is 0 Å². The van der Waals surface area contributed by atoms with Gasteiger partial charge in [-0.1, -0.05) is 30.3 Å². The van der Waals surface area contributed by atoms with Gasteiger partial charge in [0.25, 0.3) is 0 Å². The number of nitrogens with two attached hydrogens (primary N) is 1. The van der Waals surface area contributed by atoms with Crippen molar-refractivity contribution in [3.63, 3.8) is 0 Å². The smallest absolute Gasteiger partial charge is 0.408 e. The van der Waals surface area contributed by atoms with Crippen molar-refractivity contribution in [2.24, 2.45) is 5.73 Å². The molecule has 0 spiro atoms. The second-order valence-corrected chi connectivity index (χ2v) is 8.30. The molecule has 0 bridgehead atoms. The van der Waals surface area contributed by atoms with Gasteiger partial charge in [-0.3, -0.25) is 19.2 Å². The van der Waals surface area contributed by atoms with Crippen molar-refractivity contribution >= 4 is 29.8 Å². The highest BCUT2D eigenvalue weighted by molar-refractivity contribution is 5.92. The Labute approximate surface area is 192 Å². The molecule has 33 heavy (non-hydrogen) atoms. The number of hydrogen-bond donors (Lipinski definition) is 4. The summed E-state index contributed by atoms with van der Waals surface area (Å²) in [4.78, 5) is 59.8. The van der Waals surface area contributed by atoms with Crippen LogP contribution in [0, 0.1) is 0 Å². The summed E-state index contributed by atoms with van der Waals surface area (Å²) in [6.45, 7) is 6.04. The molecule has 0 aliphatic heterocycles. The third-order valence-corrected chi connectivity index (χ3v) is 4.09. The van der Waals surface area contributed by atoms with Crippen molar-refractivity contribution < 1.29 is 33.4 Å². The van der Waals surface area contributed by atoms with Crippen molar-refractivity contribution in [1.82, 2.24) is 16.0 Å². The Kier molecular flexibility index (Phi) is 10.8. The van der Waals surface area contributed by atoms with Crippen LogP contribution in [0.2, 0.25) is 0 Å². The molecule has 0 aliphatic carbocycles. The molecule has 0 fully saturated rings. The first-order chi connectivity index (χ1) is 15.4. The van der Waals surface area contributed by atoms with Gasteiger partial charge in [0.2, 0.25) is 17.7 Å². The van der Waals surface area contributed by atoms with E-state index in [-0.39, 0.29) is 19.4 Å². The molecule has 1 rings (SSSR count). The summed E-state index contributed by atoms with van der Waals surface area (Å²) in [5.41, 5.74) is 5.18. The number of carbonyl (C=O) groups is 5. The molecule has 11 nitrogen and oxygen atoms in total. The standard InChI is InChI=1S/C22H32N4O7/c1-14(25-21(31)33-22(2,3)4)19(29)26-16(10-11-17(23)27)20(30)24-12-18(28)32-13-15-8-6-5-7-9-15/h5-9,14,16H,10-13H2,1-4H3,(H2,23,27)(H,24,30)(H,25,31)(H,26,29)/t14-,16-/m0/s1. The molecule has 1 aromatic rings. The summed E-state index contributed by atoms with van der Waals surface area (Å²) in [7, 11) is 0. The normalized spacial score (nSPS) is 12.6. The number of ether oxygens (including phenoxy) is 2.